The molecule has 1 saturated heterocycles. The number of ether oxygens (including phenoxy) is 3. The summed E-state index contributed by atoms with van der Waals surface area (Å²) in [4.78, 5) is 34.7. The van der Waals surface area contributed by atoms with Crippen molar-refractivity contribution in [1.82, 2.24) is 9.13 Å². The Morgan fingerprint density at radius 2 is 2.04 bits per heavy atom. The van der Waals surface area contributed by atoms with Crippen molar-refractivity contribution in [3.8, 4) is 0 Å². The average molecular weight is 356 g/mol. The highest BCUT2D eigenvalue weighted by molar-refractivity contribution is 7.71. The van der Waals surface area contributed by atoms with Gasteiger partial charge in [0, 0.05) is 39.1 Å². The molecule has 1 fully saturated rings. The molecule has 0 bridgehead atoms. The molecule has 2 rings (SSSR count). The topological polar surface area (TPSA) is 88.8 Å². The Bertz CT molecular complexity index is 768. The van der Waals surface area contributed by atoms with Gasteiger partial charge < -0.3 is 14.2 Å². The van der Waals surface area contributed by atoms with Gasteiger partial charge in [0.2, 0.25) is 0 Å². The van der Waals surface area contributed by atoms with Crippen LogP contribution in [0, 0.1) is 11.6 Å². The molecule has 24 heavy (non-hydrogen) atoms. The molecule has 1 aliphatic heterocycles. The first kappa shape index (κ1) is 18.3. The van der Waals surface area contributed by atoms with Gasteiger partial charge in [0.05, 0.1) is 0 Å². The zero-order valence-electron chi connectivity index (χ0n) is 14.0. The molecule has 3 atom stereocenters. The van der Waals surface area contributed by atoms with Gasteiger partial charge in [0.15, 0.2) is 0 Å². The van der Waals surface area contributed by atoms with Crippen LogP contribution in [0.4, 0.5) is 0 Å². The van der Waals surface area contributed by atoms with Crippen LogP contribution in [0.3, 0.4) is 0 Å². The van der Waals surface area contributed by atoms with E-state index in [-0.39, 0.29) is 18.7 Å². The van der Waals surface area contributed by atoms with Crippen molar-refractivity contribution in [3.05, 3.63) is 26.9 Å². The number of hydrogen-bond donors (Lipinski definition) is 0. The molecule has 0 saturated carbocycles. The molecular formula is C15H20N2O6S. The van der Waals surface area contributed by atoms with Crippen LogP contribution in [-0.2, 0) is 30.8 Å². The Morgan fingerprint density at radius 3 is 2.62 bits per heavy atom. The molecule has 2 heterocycles. The molecule has 0 aliphatic carbocycles. The molecular weight excluding hydrogens is 336 g/mol. The molecule has 0 amide bonds. The second-order valence-corrected chi connectivity index (χ2v) is 6.07. The lowest BCUT2D eigenvalue weighted by Crippen LogP contribution is -2.33. The lowest BCUT2D eigenvalue weighted by Gasteiger charge is -2.18. The number of carbonyl (C=O) groups is 2. The van der Waals surface area contributed by atoms with E-state index in [9.17, 15) is 14.4 Å². The van der Waals surface area contributed by atoms with Crippen molar-refractivity contribution in [2.24, 2.45) is 7.05 Å². The molecule has 9 heteroatoms. The number of hydrogen-bond acceptors (Lipinski definition) is 7. The highest BCUT2D eigenvalue weighted by atomic mass is 32.1. The minimum Gasteiger partial charge on any atom is -0.463 e. The van der Waals surface area contributed by atoms with Gasteiger partial charge in [-0.25, -0.2) is 4.79 Å². The smallest absolute Gasteiger partial charge is 0.331 e. The van der Waals surface area contributed by atoms with E-state index in [0.29, 0.717) is 4.64 Å². The van der Waals surface area contributed by atoms with Crippen LogP contribution in [0.15, 0.2) is 11.0 Å². The quantitative estimate of drug-likeness (QED) is 0.587. The van der Waals surface area contributed by atoms with E-state index in [2.05, 4.69) is 0 Å². The Morgan fingerprint density at radius 1 is 1.38 bits per heavy atom. The first-order valence-electron chi connectivity index (χ1n) is 7.45. The minimum absolute atomic E-state index is 0.0528. The molecule has 1 aliphatic rings. The fourth-order valence-corrected chi connectivity index (χ4v) is 2.74. The van der Waals surface area contributed by atoms with Crippen molar-refractivity contribution in [2.45, 2.75) is 45.6 Å². The first-order chi connectivity index (χ1) is 11.2. The molecule has 0 radical (unpaired) electrons. The lowest BCUT2D eigenvalue weighted by molar-refractivity contribution is -0.155. The number of aryl methyl sites for hydroxylation is 1. The van der Waals surface area contributed by atoms with Crippen molar-refractivity contribution < 1.29 is 23.8 Å². The summed E-state index contributed by atoms with van der Waals surface area (Å²) in [7, 11) is 1.59. The second kappa shape index (κ2) is 7.27. The fraction of sp³-hybridized carbons (Fsp3) is 0.600. The molecule has 0 aromatic carbocycles. The Kier molecular flexibility index (Phi) is 5.55. The van der Waals surface area contributed by atoms with Gasteiger partial charge in [-0.15, -0.1) is 0 Å². The van der Waals surface area contributed by atoms with Crippen molar-refractivity contribution in [1.29, 1.82) is 0 Å². The highest BCUT2D eigenvalue weighted by Gasteiger charge is 2.39. The van der Waals surface area contributed by atoms with Gasteiger partial charge in [-0.05, 0) is 6.92 Å². The molecule has 132 valence electrons. The van der Waals surface area contributed by atoms with Gasteiger partial charge in [0.25, 0.3) is 0 Å². The van der Waals surface area contributed by atoms with E-state index in [0.717, 1.165) is 5.56 Å². The number of aromatic nitrogens is 2. The number of esters is 2. The third-order valence-corrected chi connectivity index (χ3v) is 4.34. The van der Waals surface area contributed by atoms with Gasteiger partial charge in [-0.3, -0.25) is 18.7 Å². The van der Waals surface area contributed by atoms with Crippen molar-refractivity contribution in [3.63, 3.8) is 0 Å². The summed E-state index contributed by atoms with van der Waals surface area (Å²) in [5.74, 6) is -0.925. The number of rotatable bonds is 4. The van der Waals surface area contributed by atoms with Crippen LogP contribution in [0.2, 0.25) is 0 Å². The second-order valence-electron chi connectivity index (χ2n) is 5.68. The largest absolute Gasteiger partial charge is 0.463 e. The van der Waals surface area contributed by atoms with Crippen LogP contribution in [0.25, 0.3) is 0 Å². The third-order valence-electron chi connectivity index (χ3n) is 3.74. The Balaban J connectivity index is 2.29. The fourth-order valence-electron chi connectivity index (χ4n) is 2.61. The maximum atomic E-state index is 12.4. The SMILES string of the molecule is CC(=O)OC[C@H]1O[C@@H](n2cc(C)c(=S)n(C)c2=O)C[C@@H]1OC(C)=O. The predicted molar refractivity (Wildman–Crippen MR) is 86.0 cm³/mol. The summed E-state index contributed by atoms with van der Waals surface area (Å²) >= 11 is 5.17. The molecule has 1 aromatic heterocycles. The molecule has 0 unspecified atom stereocenters. The zero-order chi connectivity index (χ0) is 18.0. The van der Waals surface area contributed by atoms with Crippen LogP contribution in [-0.4, -0.2) is 39.9 Å². The number of carbonyl (C=O) groups excluding carboxylic acids is 2. The van der Waals surface area contributed by atoms with E-state index < -0.39 is 30.4 Å². The normalized spacial score (nSPS) is 23.1. The van der Waals surface area contributed by atoms with Crippen molar-refractivity contribution >= 4 is 24.2 Å². The van der Waals surface area contributed by atoms with E-state index in [1.165, 1.54) is 23.0 Å². The monoisotopic (exact) mass is 356 g/mol. The Labute approximate surface area is 143 Å². The van der Waals surface area contributed by atoms with Gasteiger partial charge in [-0.1, -0.05) is 12.2 Å². The summed E-state index contributed by atoms with van der Waals surface area (Å²) < 4.78 is 19.2. The van der Waals surface area contributed by atoms with Crippen LogP contribution >= 0.6 is 12.2 Å². The van der Waals surface area contributed by atoms with Crippen LogP contribution in [0.1, 0.15) is 32.1 Å². The maximum absolute atomic E-state index is 12.4. The van der Waals surface area contributed by atoms with Crippen LogP contribution < -0.4 is 5.69 Å². The standard InChI is InChI=1S/C15H20N2O6S/c1-8-6-17(15(20)16(4)14(8)24)13-5-11(22-10(3)19)12(23-13)7-21-9(2)18/h6,11-13H,5,7H2,1-4H3/t11-,12+,13+/m0/s1. The van der Waals surface area contributed by atoms with Gasteiger partial charge in [0.1, 0.15) is 29.7 Å². The van der Waals surface area contributed by atoms with Crippen molar-refractivity contribution in [2.75, 3.05) is 6.61 Å². The Hall–Kier alpha value is -2.00. The summed E-state index contributed by atoms with van der Waals surface area (Å²) in [6, 6.07) is 0. The number of nitrogens with zero attached hydrogens (tertiary/aromatic N) is 2. The zero-order valence-corrected chi connectivity index (χ0v) is 14.8. The van der Waals surface area contributed by atoms with Crippen LogP contribution in [0.5, 0.6) is 0 Å². The summed E-state index contributed by atoms with van der Waals surface area (Å²) in [6.45, 7) is 4.32. The minimum atomic E-state index is -0.636. The molecule has 0 spiro atoms. The molecule has 0 N–H and O–H groups in total. The predicted octanol–water partition coefficient (Wildman–Crippen LogP) is 1.01. The summed E-state index contributed by atoms with van der Waals surface area (Å²) in [6.07, 6.45) is 0.0228. The molecule has 8 nitrogen and oxygen atoms in total. The summed E-state index contributed by atoms with van der Waals surface area (Å²) in [5.41, 5.74) is 0.425. The van der Waals surface area contributed by atoms with E-state index in [4.69, 9.17) is 26.4 Å². The first-order valence-corrected chi connectivity index (χ1v) is 7.86. The van der Waals surface area contributed by atoms with E-state index >= 15 is 0 Å². The van der Waals surface area contributed by atoms with E-state index in [1.807, 2.05) is 0 Å². The van der Waals surface area contributed by atoms with Gasteiger partial charge >= 0.3 is 17.6 Å². The summed E-state index contributed by atoms with van der Waals surface area (Å²) in [5, 5.41) is 0. The third kappa shape index (κ3) is 3.90. The van der Waals surface area contributed by atoms with Gasteiger partial charge in [-0.2, -0.15) is 0 Å². The maximum Gasteiger partial charge on any atom is 0.331 e. The molecule has 1 aromatic rings. The lowest BCUT2D eigenvalue weighted by atomic mass is 10.2. The highest BCUT2D eigenvalue weighted by Crippen LogP contribution is 2.30. The van der Waals surface area contributed by atoms with E-state index in [1.54, 1.807) is 20.2 Å². The average Bonchev–Trinajstić information content (AvgIpc) is 2.88.